The molecular formula is C34H59N5O4. The maximum atomic E-state index is 14.0. The van der Waals surface area contributed by atoms with E-state index in [-0.39, 0.29) is 18.6 Å². The van der Waals surface area contributed by atoms with Crippen LogP contribution in [0.5, 0.6) is 0 Å². The van der Waals surface area contributed by atoms with Crippen LogP contribution in [0.15, 0.2) is 24.3 Å². The van der Waals surface area contributed by atoms with Gasteiger partial charge in [-0.05, 0) is 115 Å². The number of fused-ring (bicyclic) bond motifs is 2. The fourth-order valence-corrected chi connectivity index (χ4v) is 8.04. The van der Waals surface area contributed by atoms with Crippen molar-refractivity contribution in [1.29, 1.82) is 0 Å². The highest BCUT2D eigenvalue weighted by atomic mass is 16.7. The third kappa shape index (κ3) is 7.92. The van der Waals surface area contributed by atoms with E-state index in [1.807, 2.05) is 0 Å². The zero-order valence-electron chi connectivity index (χ0n) is 28.0. The number of benzene rings is 1. The summed E-state index contributed by atoms with van der Waals surface area (Å²) >= 11 is 0. The van der Waals surface area contributed by atoms with Gasteiger partial charge in [-0.3, -0.25) is 9.63 Å². The number of nitrogens with one attached hydrogen (secondary N) is 1. The summed E-state index contributed by atoms with van der Waals surface area (Å²) in [5, 5.41) is 26.1. The number of hydrogen-bond acceptors (Lipinski definition) is 8. The standard InChI is InChI=1S/C34H59N5O4/c1-23-28-19-26(34(28,3)4)20-29(23)35-33(42)32-31(24(2)41)30(22-40)43-39(32)21-25-12-9-13-27(18-25)38(16-10-14-36(5)6)17-11-15-37(7)8/h9,12-13,18,23-24,26,28-32,40-41H,10-11,14-17,19-22H2,1-8H3,(H,35,42)/t23?,24-,26+,28-,29-,30-,31+,32-/m0/s1. The van der Waals surface area contributed by atoms with Crippen molar-refractivity contribution < 1.29 is 19.8 Å². The van der Waals surface area contributed by atoms with Crippen molar-refractivity contribution in [2.24, 2.45) is 29.1 Å². The van der Waals surface area contributed by atoms with E-state index in [0.29, 0.717) is 29.7 Å². The molecule has 4 fully saturated rings. The highest BCUT2D eigenvalue weighted by molar-refractivity contribution is 5.82. The molecule has 8 atom stereocenters. The van der Waals surface area contributed by atoms with Crippen LogP contribution in [0, 0.1) is 29.1 Å². The second-order valence-electron chi connectivity index (χ2n) is 14.7. The number of hydroxylamine groups is 2. The molecule has 3 aliphatic carbocycles. The van der Waals surface area contributed by atoms with Gasteiger partial charge in [-0.15, -0.1) is 0 Å². The van der Waals surface area contributed by atoms with Crippen LogP contribution in [-0.4, -0.2) is 116 Å². The maximum absolute atomic E-state index is 14.0. The molecule has 1 unspecified atom stereocenters. The Balaban J connectivity index is 1.50. The smallest absolute Gasteiger partial charge is 0.240 e. The second-order valence-corrected chi connectivity index (χ2v) is 14.7. The number of rotatable bonds is 15. The van der Waals surface area contributed by atoms with Crippen LogP contribution in [0.3, 0.4) is 0 Å². The van der Waals surface area contributed by atoms with Crippen LogP contribution in [0.25, 0.3) is 0 Å². The summed E-state index contributed by atoms with van der Waals surface area (Å²) in [7, 11) is 8.44. The molecule has 1 aromatic rings. The Bertz CT molecular complexity index is 1040. The molecule has 244 valence electrons. The first-order chi connectivity index (χ1) is 20.3. The van der Waals surface area contributed by atoms with Crippen molar-refractivity contribution in [2.45, 2.75) is 84.2 Å². The van der Waals surface area contributed by atoms with Gasteiger partial charge in [0, 0.05) is 30.7 Å². The van der Waals surface area contributed by atoms with Crippen molar-refractivity contribution >= 4 is 11.6 Å². The summed E-state index contributed by atoms with van der Waals surface area (Å²) in [6.45, 7) is 12.8. The Hall–Kier alpha value is -1.75. The lowest BCUT2D eigenvalue weighted by Crippen LogP contribution is -2.62. The normalized spacial score (nSPS) is 30.8. The summed E-state index contributed by atoms with van der Waals surface area (Å²) in [6.07, 6.45) is 2.95. The second kappa shape index (κ2) is 14.6. The molecule has 1 saturated heterocycles. The number of amides is 1. The van der Waals surface area contributed by atoms with E-state index < -0.39 is 24.2 Å². The van der Waals surface area contributed by atoms with E-state index in [9.17, 15) is 15.0 Å². The summed E-state index contributed by atoms with van der Waals surface area (Å²) in [5.74, 6) is 1.02. The maximum Gasteiger partial charge on any atom is 0.240 e. The van der Waals surface area contributed by atoms with Crippen molar-refractivity contribution in [3.63, 3.8) is 0 Å². The highest BCUT2D eigenvalue weighted by Gasteiger charge is 2.57. The molecule has 1 heterocycles. The van der Waals surface area contributed by atoms with E-state index in [2.05, 4.69) is 93.2 Å². The van der Waals surface area contributed by atoms with Gasteiger partial charge in [-0.2, -0.15) is 5.06 Å². The van der Waals surface area contributed by atoms with Gasteiger partial charge in [-0.25, -0.2) is 0 Å². The SMILES string of the molecule is CC1[C@@H](NC(=O)[C@@H]2[C@H]([C@H](C)O)[C@H](CO)ON2Cc2cccc(N(CCCN(C)C)CCCN(C)C)c2)C[C@H]2C[C@@H]1C2(C)C. The molecule has 3 saturated carbocycles. The van der Waals surface area contributed by atoms with E-state index in [1.165, 1.54) is 12.1 Å². The topological polar surface area (TPSA) is 91.7 Å². The van der Waals surface area contributed by atoms with Crippen molar-refractivity contribution in [1.82, 2.24) is 20.2 Å². The number of aliphatic hydroxyl groups excluding tert-OH is 2. The van der Waals surface area contributed by atoms with Gasteiger partial charge in [0.25, 0.3) is 0 Å². The summed E-state index contributed by atoms with van der Waals surface area (Å²) < 4.78 is 0. The molecule has 0 spiro atoms. The van der Waals surface area contributed by atoms with E-state index in [4.69, 9.17) is 4.84 Å². The van der Waals surface area contributed by atoms with E-state index in [1.54, 1.807) is 12.0 Å². The quantitative estimate of drug-likeness (QED) is 0.283. The number of anilines is 1. The van der Waals surface area contributed by atoms with E-state index >= 15 is 0 Å². The third-order valence-electron chi connectivity index (χ3n) is 10.7. The Morgan fingerprint density at radius 1 is 1.09 bits per heavy atom. The van der Waals surface area contributed by atoms with Gasteiger partial charge in [0.15, 0.2) is 0 Å². The lowest BCUT2D eigenvalue weighted by Gasteiger charge is -2.62. The number of carbonyl (C=O) groups excluding carboxylic acids is 1. The number of carbonyl (C=O) groups is 1. The van der Waals surface area contributed by atoms with Gasteiger partial charge in [-0.1, -0.05) is 32.9 Å². The molecular weight excluding hydrogens is 542 g/mol. The highest BCUT2D eigenvalue weighted by Crippen LogP contribution is 2.61. The minimum absolute atomic E-state index is 0.108. The fraction of sp³-hybridized carbons (Fsp3) is 0.794. The first kappa shape index (κ1) is 34.1. The van der Waals surface area contributed by atoms with Crippen LogP contribution in [0.2, 0.25) is 0 Å². The molecule has 1 aromatic carbocycles. The van der Waals surface area contributed by atoms with Crippen LogP contribution in [0.1, 0.15) is 58.9 Å². The van der Waals surface area contributed by atoms with Gasteiger partial charge >= 0.3 is 0 Å². The van der Waals surface area contributed by atoms with Crippen molar-refractivity contribution in [3.8, 4) is 0 Å². The monoisotopic (exact) mass is 601 g/mol. The number of hydrogen-bond donors (Lipinski definition) is 3. The predicted octanol–water partition coefficient (Wildman–Crippen LogP) is 3.06. The van der Waals surface area contributed by atoms with Gasteiger partial charge in [0.1, 0.15) is 12.1 Å². The minimum Gasteiger partial charge on any atom is -0.394 e. The zero-order valence-corrected chi connectivity index (χ0v) is 28.0. The van der Waals surface area contributed by atoms with Crippen LogP contribution in [0.4, 0.5) is 5.69 Å². The summed E-state index contributed by atoms with van der Waals surface area (Å²) in [6, 6.07) is 7.95. The minimum atomic E-state index is -0.802. The average Bonchev–Trinajstić information content (AvgIpc) is 3.31. The van der Waals surface area contributed by atoms with Crippen LogP contribution in [-0.2, 0) is 16.2 Å². The lowest BCUT2D eigenvalue weighted by atomic mass is 9.45. The van der Waals surface area contributed by atoms with Crippen molar-refractivity contribution in [3.05, 3.63) is 29.8 Å². The average molecular weight is 602 g/mol. The van der Waals surface area contributed by atoms with Crippen molar-refractivity contribution in [2.75, 3.05) is 65.9 Å². The first-order valence-corrected chi connectivity index (χ1v) is 16.5. The molecule has 43 heavy (non-hydrogen) atoms. The molecule has 4 aliphatic rings. The molecule has 2 bridgehead atoms. The van der Waals surface area contributed by atoms with Gasteiger partial charge in [0.2, 0.25) is 5.91 Å². The third-order valence-corrected chi connectivity index (χ3v) is 10.7. The molecule has 1 amide bonds. The largest absolute Gasteiger partial charge is 0.394 e. The Labute approximate surface area is 260 Å². The molecule has 3 N–H and O–H groups in total. The van der Waals surface area contributed by atoms with Gasteiger partial charge < -0.3 is 30.2 Å². The molecule has 0 aromatic heterocycles. The summed E-state index contributed by atoms with van der Waals surface area (Å²) in [5.41, 5.74) is 2.54. The molecule has 9 nitrogen and oxygen atoms in total. The number of aliphatic hydroxyl groups is 2. The molecule has 0 radical (unpaired) electrons. The fourth-order valence-electron chi connectivity index (χ4n) is 8.04. The Morgan fingerprint density at radius 2 is 1.74 bits per heavy atom. The van der Waals surface area contributed by atoms with Gasteiger partial charge in [0.05, 0.1) is 19.3 Å². The Morgan fingerprint density at radius 3 is 2.28 bits per heavy atom. The van der Waals surface area contributed by atoms with Crippen LogP contribution >= 0.6 is 0 Å². The summed E-state index contributed by atoms with van der Waals surface area (Å²) in [4.78, 5) is 27.1. The predicted molar refractivity (Wildman–Crippen MR) is 173 cm³/mol. The molecule has 9 heteroatoms. The Kier molecular flexibility index (Phi) is 11.6. The first-order valence-electron chi connectivity index (χ1n) is 16.5. The number of nitrogens with zero attached hydrogens (tertiary/aromatic N) is 4. The van der Waals surface area contributed by atoms with E-state index in [0.717, 1.165) is 51.0 Å². The molecule has 1 aliphatic heterocycles. The lowest BCUT2D eigenvalue weighted by molar-refractivity contribution is -0.183. The molecule has 5 rings (SSSR count). The zero-order chi connectivity index (χ0) is 31.5. The van der Waals surface area contributed by atoms with Crippen LogP contribution < -0.4 is 10.2 Å².